The Labute approximate surface area is 83.2 Å². The van der Waals surface area contributed by atoms with Crippen molar-refractivity contribution in [2.45, 2.75) is 31.9 Å². The van der Waals surface area contributed by atoms with Crippen molar-refractivity contribution in [3.8, 4) is 0 Å². The molecular weight excluding hydrogens is 188 g/mol. The Morgan fingerprint density at radius 2 is 2.00 bits per heavy atom. The smallest absolute Gasteiger partial charge is 0.326 e. The van der Waals surface area contributed by atoms with Crippen LogP contribution in [0.5, 0.6) is 0 Å². The molecule has 0 spiro atoms. The summed E-state index contributed by atoms with van der Waals surface area (Å²) in [5, 5.41) is -0.625. The lowest BCUT2D eigenvalue weighted by Gasteiger charge is -2.10. The highest BCUT2D eigenvalue weighted by Gasteiger charge is 2.25. The molecule has 0 fully saturated rings. The van der Waals surface area contributed by atoms with E-state index in [-0.39, 0.29) is 5.78 Å². The first-order valence-corrected chi connectivity index (χ1v) is 5.68. The van der Waals surface area contributed by atoms with Gasteiger partial charge in [-0.05, 0) is 19.6 Å². The molecule has 0 heterocycles. The third kappa shape index (κ3) is 4.31. The molecule has 3 nitrogen and oxygen atoms in total. The normalized spacial score (nSPS) is 12.2. The zero-order valence-electron chi connectivity index (χ0n) is 8.33. The highest BCUT2D eigenvalue weighted by atomic mass is 32.2. The molecule has 0 N–H and O–H groups in total. The number of carbonyl (C=O) groups excluding carboxylic acids is 2. The molecule has 0 rings (SSSR count). The molecule has 0 aliphatic heterocycles. The average molecular weight is 204 g/mol. The summed E-state index contributed by atoms with van der Waals surface area (Å²) in [5.74, 6) is -0.443. The lowest BCUT2D eigenvalue weighted by Crippen LogP contribution is -2.28. The number of ether oxygens (including phenoxy) is 1. The lowest BCUT2D eigenvalue weighted by molar-refractivity contribution is -0.144. The second kappa shape index (κ2) is 6.95. The standard InChI is InChI=1S/C9H16O3S/c1-4-6-7(10)8(13-3)9(11)12-5-2/h8H,4-6H2,1-3H3. The molecule has 0 aromatic rings. The lowest BCUT2D eigenvalue weighted by atomic mass is 10.2. The first kappa shape index (κ1) is 12.5. The van der Waals surface area contributed by atoms with E-state index in [1.807, 2.05) is 6.92 Å². The predicted molar refractivity (Wildman–Crippen MR) is 53.9 cm³/mol. The molecule has 0 aromatic carbocycles. The maximum absolute atomic E-state index is 11.4. The van der Waals surface area contributed by atoms with Crippen LogP contribution in [0.4, 0.5) is 0 Å². The van der Waals surface area contributed by atoms with Crippen LogP contribution in [0.25, 0.3) is 0 Å². The van der Waals surface area contributed by atoms with Crippen molar-refractivity contribution >= 4 is 23.5 Å². The molecule has 0 aromatic heterocycles. The van der Waals surface area contributed by atoms with E-state index in [1.165, 1.54) is 11.8 Å². The fourth-order valence-corrected chi connectivity index (χ4v) is 1.60. The largest absolute Gasteiger partial charge is 0.465 e. The summed E-state index contributed by atoms with van der Waals surface area (Å²) >= 11 is 1.24. The van der Waals surface area contributed by atoms with Crippen molar-refractivity contribution in [3.63, 3.8) is 0 Å². The van der Waals surface area contributed by atoms with Crippen LogP contribution in [0.2, 0.25) is 0 Å². The summed E-state index contributed by atoms with van der Waals surface area (Å²) in [6.07, 6.45) is 2.97. The van der Waals surface area contributed by atoms with Gasteiger partial charge in [-0.15, -0.1) is 11.8 Å². The highest BCUT2D eigenvalue weighted by molar-refractivity contribution is 8.00. The number of ketones is 1. The van der Waals surface area contributed by atoms with Gasteiger partial charge in [-0.2, -0.15) is 0 Å². The van der Waals surface area contributed by atoms with Gasteiger partial charge >= 0.3 is 5.97 Å². The summed E-state index contributed by atoms with van der Waals surface area (Å²) < 4.78 is 4.78. The SMILES string of the molecule is CCCC(=O)C(SC)C(=O)OCC. The van der Waals surface area contributed by atoms with Crippen LogP contribution in [0.3, 0.4) is 0 Å². The van der Waals surface area contributed by atoms with Gasteiger partial charge in [-0.3, -0.25) is 9.59 Å². The third-order valence-corrected chi connectivity index (χ3v) is 2.45. The van der Waals surface area contributed by atoms with Crippen LogP contribution < -0.4 is 0 Å². The summed E-state index contributed by atoms with van der Waals surface area (Å²) in [7, 11) is 0. The summed E-state index contributed by atoms with van der Waals surface area (Å²) in [5.41, 5.74) is 0. The Hall–Kier alpha value is -0.510. The minimum Gasteiger partial charge on any atom is -0.465 e. The van der Waals surface area contributed by atoms with E-state index < -0.39 is 11.2 Å². The fourth-order valence-electron chi connectivity index (χ4n) is 0.955. The highest BCUT2D eigenvalue weighted by Crippen LogP contribution is 2.12. The molecule has 0 saturated heterocycles. The second-order valence-corrected chi connectivity index (χ2v) is 3.53. The number of esters is 1. The number of hydrogen-bond donors (Lipinski definition) is 0. The molecule has 0 radical (unpaired) electrons. The molecule has 1 unspecified atom stereocenters. The van der Waals surface area contributed by atoms with E-state index in [0.717, 1.165) is 6.42 Å². The van der Waals surface area contributed by atoms with E-state index in [1.54, 1.807) is 13.2 Å². The maximum atomic E-state index is 11.4. The minimum absolute atomic E-state index is 0.0338. The zero-order chi connectivity index (χ0) is 10.3. The van der Waals surface area contributed by atoms with Crippen molar-refractivity contribution in [1.82, 2.24) is 0 Å². The van der Waals surface area contributed by atoms with Gasteiger partial charge < -0.3 is 4.74 Å². The topological polar surface area (TPSA) is 43.4 Å². The summed E-state index contributed by atoms with van der Waals surface area (Å²) in [6, 6.07) is 0. The van der Waals surface area contributed by atoms with Gasteiger partial charge in [0.1, 0.15) is 0 Å². The Morgan fingerprint density at radius 3 is 2.38 bits per heavy atom. The van der Waals surface area contributed by atoms with Crippen LogP contribution >= 0.6 is 11.8 Å². The molecule has 76 valence electrons. The number of hydrogen-bond acceptors (Lipinski definition) is 4. The van der Waals surface area contributed by atoms with Crippen molar-refractivity contribution < 1.29 is 14.3 Å². The van der Waals surface area contributed by atoms with Gasteiger partial charge in [0.25, 0.3) is 0 Å². The molecule has 0 saturated carbocycles. The zero-order valence-corrected chi connectivity index (χ0v) is 9.15. The van der Waals surface area contributed by atoms with Gasteiger partial charge in [0, 0.05) is 6.42 Å². The molecule has 4 heteroatoms. The quantitative estimate of drug-likeness (QED) is 0.487. The van der Waals surface area contributed by atoms with Crippen molar-refractivity contribution in [2.24, 2.45) is 0 Å². The van der Waals surface area contributed by atoms with E-state index in [4.69, 9.17) is 4.74 Å². The summed E-state index contributed by atoms with van der Waals surface area (Å²) in [4.78, 5) is 22.6. The van der Waals surface area contributed by atoms with Crippen molar-refractivity contribution in [3.05, 3.63) is 0 Å². The molecule has 13 heavy (non-hydrogen) atoms. The Balaban J connectivity index is 4.15. The predicted octanol–water partition coefficient (Wildman–Crippen LogP) is 1.65. The molecule has 0 aliphatic rings. The first-order valence-electron chi connectivity index (χ1n) is 4.39. The third-order valence-electron chi connectivity index (χ3n) is 1.53. The molecule has 1 atom stereocenters. The minimum atomic E-state index is -0.625. The van der Waals surface area contributed by atoms with E-state index >= 15 is 0 Å². The number of Topliss-reactive ketones (excluding diaryl/α,β-unsaturated/α-hetero) is 1. The van der Waals surface area contributed by atoms with Crippen LogP contribution in [-0.2, 0) is 14.3 Å². The van der Waals surface area contributed by atoms with Crippen LogP contribution in [0, 0.1) is 0 Å². The van der Waals surface area contributed by atoms with Crippen molar-refractivity contribution in [1.29, 1.82) is 0 Å². The molecule has 0 bridgehead atoms. The summed E-state index contributed by atoms with van der Waals surface area (Å²) in [6.45, 7) is 3.98. The molecule has 0 amide bonds. The monoisotopic (exact) mass is 204 g/mol. The van der Waals surface area contributed by atoms with Crippen LogP contribution in [0.15, 0.2) is 0 Å². The van der Waals surface area contributed by atoms with E-state index in [2.05, 4.69) is 0 Å². The maximum Gasteiger partial charge on any atom is 0.326 e. The number of carbonyl (C=O) groups is 2. The molecule has 0 aliphatic carbocycles. The number of rotatable bonds is 6. The fraction of sp³-hybridized carbons (Fsp3) is 0.778. The second-order valence-electron chi connectivity index (χ2n) is 2.58. The Morgan fingerprint density at radius 1 is 1.38 bits per heavy atom. The van der Waals surface area contributed by atoms with Gasteiger partial charge in [0.05, 0.1) is 6.61 Å². The average Bonchev–Trinajstić information content (AvgIpc) is 2.06. The van der Waals surface area contributed by atoms with Crippen molar-refractivity contribution in [2.75, 3.05) is 12.9 Å². The van der Waals surface area contributed by atoms with Gasteiger partial charge in [-0.25, -0.2) is 0 Å². The van der Waals surface area contributed by atoms with Gasteiger partial charge in [0.2, 0.25) is 0 Å². The van der Waals surface area contributed by atoms with Crippen LogP contribution in [0.1, 0.15) is 26.7 Å². The van der Waals surface area contributed by atoms with Gasteiger partial charge in [-0.1, -0.05) is 6.92 Å². The van der Waals surface area contributed by atoms with E-state index in [9.17, 15) is 9.59 Å². The molecular formula is C9H16O3S. The first-order chi connectivity index (χ1) is 6.17. The van der Waals surface area contributed by atoms with E-state index in [0.29, 0.717) is 13.0 Å². The van der Waals surface area contributed by atoms with Gasteiger partial charge in [0.15, 0.2) is 11.0 Å². The Kier molecular flexibility index (Phi) is 6.68. The Bertz CT molecular complexity index is 162. The van der Waals surface area contributed by atoms with Crippen LogP contribution in [-0.4, -0.2) is 29.9 Å². The number of thioether (sulfide) groups is 1.